The molecule has 0 bridgehead atoms. The Kier molecular flexibility index (Phi) is 5.00. The second-order valence-corrected chi connectivity index (χ2v) is 7.25. The van der Waals surface area contributed by atoms with Crippen molar-refractivity contribution in [2.45, 2.75) is 32.8 Å². The zero-order chi connectivity index (χ0) is 15.5. The van der Waals surface area contributed by atoms with Crippen LogP contribution < -0.4 is 5.32 Å². The van der Waals surface area contributed by atoms with Gasteiger partial charge in [0.05, 0.1) is 5.69 Å². The van der Waals surface area contributed by atoms with Gasteiger partial charge in [-0.15, -0.1) is 11.3 Å². The lowest BCUT2D eigenvalue weighted by Gasteiger charge is -2.18. The summed E-state index contributed by atoms with van der Waals surface area (Å²) in [6.45, 7) is 5.48. The largest absolute Gasteiger partial charge is 0.444 e. The number of ether oxygens (including phenoxy) is 1. The molecule has 4 nitrogen and oxygen atoms in total. The van der Waals surface area contributed by atoms with Crippen molar-refractivity contribution in [2.75, 3.05) is 5.32 Å². The number of aromatic nitrogens is 1. The molecule has 0 aliphatic heterocycles. The van der Waals surface area contributed by atoms with E-state index in [0.717, 1.165) is 15.7 Å². The molecule has 0 saturated heterocycles. The quantitative estimate of drug-likeness (QED) is 0.842. The SMILES string of the molecule is CC(C)(C)OC(=O)Nc1nc(Cc2ccccc2Br)cs1. The average molecular weight is 369 g/mol. The number of rotatable bonds is 3. The summed E-state index contributed by atoms with van der Waals surface area (Å²) in [5, 5.41) is 5.14. The molecule has 1 aromatic carbocycles. The number of halogens is 1. The third-order valence-corrected chi connectivity index (χ3v) is 4.07. The summed E-state index contributed by atoms with van der Waals surface area (Å²) in [4.78, 5) is 16.1. The second kappa shape index (κ2) is 6.58. The van der Waals surface area contributed by atoms with Crippen LogP contribution in [0, 0.1) is 0 Å². The van der Waals surface area contributed by atoms with E-state index < -0.39 is 11.7 Å². The van der Waals surface area contributed by atoms with Crippen molar-refractivity contribution in [1.82, 2.24) is 4.98 Å². The van der Waals surface area contributed by atoms with E-state index in [2.05, 4.69) is 26.2 Å². The van der Waals surface area contributed by atoms with Gasteiger partial charge in [-0.2, -0.15) is 0 Å². The van der Waals surface area contributed by atoms with E-state index >= 15 is 0 Å². The molecular weight excluding hydrogens is 352 g/mol. The Bertz CT molecular complexity index is 635. The fourth-order valence-corrected chi connectivity index (χ4v) is 2.79. The maximum Gasteiger partial charge on any atom is 0.413 e. The van der Waals surface area contributed by atoms with Crippen LogP contribution in [0.5, 0.6) is 0 Å². The van der Waals surface area contributed by atoms with Crippen LogP contribution in [-0.4, -0.2) is 16.7 Å². The molecule has 1 heterocycles. The van der Waals surface area contributed by atoms with E-state index in [1.807, 2.05) is 50.4 Å². The van der Waals surface area contributed by atoms with Crippen molar-refractivity contribution in [3.63, 3.8) is 0 Å². The Morgan fingerprint density at radius 2 is 2.10 bits per heavy atom. The van der Waals surface area contributed by atoms with Crippen LogP contribution in [-0.2, 0) is 11.2 Å². The standard InChI is InChI=1S/C15H17BrN2O2S/c1-15(2,3)20-14(19)18-13-17-11(9-21-13)8-10-6-4-5-7-12(10)16/h4-7,9H,8H2,1-3H3,(H,17,18,19). The van der Waals surface area contributed by atoms with E-state index in [0.29, 0.717) is 11.6 Å². The first kappa shape index (κ1) is 16.0. The third kappa shape index (κ3) is 5.13. The van der Waals surface area contributed by atoms with Crippen molar-refractivity contribution >= 4 is 38.5 Å². The van der Waals surface area contributed by atoms with Crippen LogP contribution in [0.4, 0.5) is 9.93 Å². The topological polar surface area (TPSA) is 51.2 Å². The monoisotopic (exact) mass is 368 g/mol. The highest BCUT2D eigenvalue weighted by molar-refractivity contribution is 9.10. The number of nitrogens with zero attached hydrogens (tertiary/aromatic N) is 1. The zero-order valence-corrected chi connectivity index (χ0v) is 14.5. The number of hydrogen-bond donors (Lipinski definition) is 1. The number of carbonyl (C=O) groups is 1. The Hall–Kier alpha value is -1.40. The molecule has 0 aliphatic carbocycles. The highest BCUT2D eigenvalue weighted by atomic mass is 79.9. The first-order valence-corrected chi connectivity index (χ1v) is 8.18. The summed E-state index contributed by atoms with van der Waals surface area (Å²) in [6, 6.07) is 8.02. The fraction of sp³-hybridized carbons (Fsp3) is 0.333. The second-order valence-electron chi connectivity index (χ2n) is 5.54. The van der Waals surface area contributed by atoms with Gasteiger partial charge in [-0.25, -0.2) is 9.78 Å². The molecule has 21 heavy (non-hydrogen) atoms. The van der Waals surface area contributed by atoms with Crippen LogP contribution in [0.2, 0.25) is 0 Å². The molecule has 1 aromatic heterocycles. The van der Waals surface area contributed by atoms with Gasteiger partial charge in [0.15, 0.2) is 5.13 Å². The summed E-state index contributed by atoms with van der Waals surface area (Å²) in [5.41, 5.74) is 1.56. The van der Waals surface area contributed by atoms with Crippen LogP contribution in [0.1, 0.15) is 32.0 Å². The summed E-state index contributed by atoms with van der Waals surface area (Å²) in [7, 11) is 0. The van der Waals surface area contributed by atoms with Crippen molar-refractivity contribution in [3.8, 4) is 0 Å². The van der Waals surface area contributed by atoms with Crippen molar-refractivity contribution < 1.29 is 9.53 Å². The number of anilines is 1. The Morgan fingerprint density at radius 3 is 2.76 bits per heavy atom. The molecular formula is C15H17BrN2O2S. The molecule has 0 spiro atoms. The molecule has 0 saturated carbocycles. The van der Waals surface area contributed by atoms with E-state index in [-0.39, 0.29) is 0 Å². The normalized spacial score (nSPS) is 11.2. The molecule has 2 rings (SSSR count). The minimum atomic E-state index is -0.515. The van der Waals surface area contributed by atoms with Gasteiger partial charge in [0, 0.05) is 16.3 Å². The Labute approximate surface area is 136 Å². The van der Waals surface area contributed by atoms with Crippen molar-refractivity contribution in [2.24, 2.45) is 0 Å². The molecule has 6 heteroatoms. The van der Waals surface area contributed by atoms with Crippen LogP contribution in [0.15, 0.2) is 34.1 Å². The molecule has 112 valence electrons. The van der Waals surface area contributed by atoms with E-state index in [9.17, 15) is 4.79 Å². The molecule has 1 amide bonds. The third-order valence-electron chi connectivity index (χ3n) is 2.49. The van der Waals surface area contributed by atoms with Gasteiger partial charge in [0.25, 0.3) is 0 Å². The Morgan fingerprint density at radius 1 is 1.38 bits per heavy atom. The highest BCUT2D eigenvalue weighted by Crippen LogP contribution is 2.23. The lowest BCUT2D eigenvalue weighted by atomic mass is 10.1. The Balaban J connectivity index is 1.99. The lowest BCUT2D eigenvalue weighted by Crippen LogP contribution is -2.27. The van der Waals surface area contributed by atoms with Crippen molar-refractivity contribution in [1.29, 1.82) is 0 Å². The van der Waals surface area contributed by atoms with Gasteiger partial charge < -0.3 is 4.74 Å². The van der Waals surface area contributed by atoms with Crippen LogP contribution in [0.3, 0.4) is 0 Å². The summed E-state index contributed by atoms with van der Waals surface area (Å²) >= 11 is 4.91. The molecule has 0 fully saturated rings. The van der Waals surface area contributed by atoms with Gasteiger partial charge in [-0.3, -0.25) is 5.32 Å². The predicted octanol–water partition coefficient (Wildman–Crippen LogP) is 4.84. The minimum absolute atomic E-state index is 0.482. The van der Waals surface area contributed by atoms with E-state index in [1.165, 1.54) is 11.3 Å². The molecule has 1 N–H and O–H groups in total. The first-order valence-electron chi connectivity index (χ1n) is 6.51. The van der Waals surface area contributed by atoms with Gasteiger partial charge in [0.2, 0.25) is 0 Å². The van der Waals surface area contributed by atoms with Gasteiger partial charge in [-0.1, -0.05) is 34.1 Å². The number of thiazole rings is 1. The van der Waals surface area contributed by atoms with Crippen molar-refractivity contribution in [3.05, 3.63) is 45.4 Å². The minimum Gasteiger partial charge on any atom is -0.444 e. The van der Waals surface area contributed by atoms with Crippen LogP contribution >= 0.6 is 27.3 Å². The molecule has 0 unspecified atom stereocenters. The maximum absolute atomic E-state index is 11.7. The lowest BCUT2D eigenvalue weighted by molar-refractivity contribution is 0.0636. The summed E-state index contributed by atoms with van der Waals surface area (Å²) in [5.74, 6) is 0. The van der Waals surface area contributed by atoms with E-state index in [1.54, 1.807) is 0 Å². The number of carbonyl (C=O) groups excluding carboxylic acids is 1. The highest BCUT2D eigenvalue weighted by Gasteiger charge is 2.17. The first-order chi connectivity index (χ1) is 9.83. The van der Waals surface area contributed by atoms with E-state index in [4.69, 9.17) is 4.74 Å². The summed E-state index contributed by atoms with van der Waals surface area (Å²) in [6.07, 6.45) is 0.234. The molecule has 0 radical (unpaired) electrons. The number of benzene rings is 1. The van der Waals surface area contributed by atoms with Gasteiger partial charge in [-0.05, 0) is 32.4 Å². The smallest absolute Gasteiger partial charge is 0.413 e. The molecule has 0 atom stereocenters. The number of hydrogen-bond acceptors (Lipinski definition) is 4. The maximum atomic E-state index is 11.7. The number of nitrogens with one attached hydrogen (secondary N) is 1. The predicted molar refractivity (Wildman–Crippen MR) is 88.9 cm³/mol. The van der Waals surface area contributed by atoms with Gasteiger partial charge in [0.1, 0.15) is 5.60 Å². The number of amides is 1. The summed E-state index contributed by atoms with van der Waals surface area (Å²) < 4.78 is 6.25. The molecule has 0 aliphatic rings. The average Bonchev–Trinajstić information content (AvgIpc) is 2.77. The molecule has 2 aromatic rings. The van der Waals surface area contributed by atoms with Gasteiger partial charge >= 0.3 is 6.09 Å². The van der Waals surface area contributed by atoms with Crippen LogP contribution in [0.25, 0.3) is 0 Å². The fourth-order valence-electron chi connectivity index (χ4n) is 1.67. The zero-order valence-electron chi connectivity index (χ0n) is 12.1.